The van der Waals surface area contributed by atoms with Gasteiger partial charge in [-0.05, 0) is 30.3 Å². The molecule has 0 heterocycles. The number of hydrogen-bond acceptors (Lipinski definition) is 3. The molecule has 0 aromatic heterocycles. The molecule has 0 saturated carbocycles. The average molecular weight is 335 g/mol. The van der Waals surface area contributed by atoms with Gasteiger partial charge in [-0.25, -0.2) is 0 Å². The van der Waals surface area contributed by atoms with Crippen molar-refractivity contribution in [3.8, 4) is 5.75 Å². The maximum Gasteiger partial charge on any atom is 0.387 e. The van der Waals surface area contributed by atoms with Crippen molar-refractivity contribution in [3.63, 3.8) is 0 Å². The molecule has 3 nitrogen and oxygen atoms in total. The molecule has 0 atom stereocenters. The van der Waals surface area contributed by atoms with Gasteiger partial charge in [0.1, 0.15) is 5.75 Å². The molecule has 0 saturated heterocycles. The number of nitrogens with one attached hydrogen (secondary N) is 1. The molecule has 0 bridgehead atoms. The Morgan fingerprint density at radius 2 is 2.04 bits per heavy atom. The molecule has 1 N–H and O–H groups in total. The van der Waals surface area contributed by atoms with Crippen molar-refractivity contribution >= 4 is 23.4 Å². The molecule has 6 heteroatoms. The summed E-state index contributed by atoms with van der Waals surface area (Å²) < 4.78 is 28.8. The van der Waals surface area contributed by atoms with Crippen LogP contribution in [0.2, 0.25) is 0 Å². The van der Waals surface area contributed by atoms with Gasteiger partial charge in [0.25, 0.3) is 5.91 Å². The first-order chi connectivity index (χ1) is 11.1. The van der Waals surface area contributed by atoms with Crippen molar-refractivity contribution in [2.75, 3.05) is 11.1 Å². The van der Waals surface area contributed by atoms with E-state index in [9.17, 15) is 13.6 Å². The summed E-state index contributed by atoms with van der Waals surface area (Å²) in [6, 6.07) is 13.0. The van der Waals surface area contributed by atoms with Crippen LogP contribution in [0.1, 0.15) is 10.4 Å². The summed E-state index contributed by atoms with van der Waals surface area (Å²) >= 11 is 1.54. The van der Waals surface area contributed by atoms with Crippen LogP contribution < -0.4 is 10.1 Å². The minimum Gasteiger partial charge on any atom is -0.435 e. The van der Waals surface area contributed by atoms with Crippen molar-refractivity contribution < 1.29 is 18.3 Å². The second kappa shape index (κ2) is 8.33. The van der Waals surface area contributed by atoms with E-state index in [1.807, 2.05) is 18.2 Å². The second-order valence-electron chi connectivity index (χ2n) is 4.46. The number of amides is 1. The van der Waals surface area contributed by atoms with Gasteiger partial charge in [0, 0.05) is 16.2 Å². The maximum atomic E-state index is 12.3. The number of carbonyl (C=O) groups is 1. The number of halogens is 2. The molecule has 120 valence electrons. The van der Waals surface area contributed by atoms with Crippen LogP contribution in [0.4, 0.5) is 14.5 Å². The van der Waals surface area contributed by atoms with E-state index in [2.05, 4.69) is 16.6 Å². The fourth-order valence-electron chi connectivity index (χ4n) is 1.85. The summed E-state index contributed by atoms with van der Waals surface area (Å²) in [4.78, 5) is 13.2. The highest BCUT2D eigenvalue weighted by molar-refractivity contribution is 7.99. The highest BCUT2D eigenvalue weighted by Crippen LogP contribution is 2.27. The summed E-state index contributed by atoms with van der Waals surface area (Å²) in [7, 11) is 0. The van der Waals surface area contributed by atoms with Gasteiger partial charge in [-0.2, -0.15) is 8.78 Å². The Balaban J connectivity index is 2.14. The van der Waals surface area contributed by atoms with Crippen molar-refractivity contribution in [1.29, 1.82) is 0 Å². The zero-order valence-electron chi connectivity index (χ0n) is 12.2. The highest BCUT2D eigenvalue weighted by Gasteiger charge is 2.11. The molecule has 23 heavy (non-hydrogen) atoms. The van der Waals surface area contributed by atoms with E-state index in [-0.39, 0.29) is 11.3 Å². The fraction of sp³-hybridized carbons (Fsp3) is 0.118. The monoisotopic (exact) mass is 335 g/mol. The van der Waals surface area contributed by atoms with Gasteiger partial charge in [-0.1, -0.05) is 24.3 Å². The predicted octanol–water partition coefficient (Wildman–Crippen LogP) is 4.82. The summed E-state index contributed by atoms with van der Waals surface area (Å²) in [6.45, 7) is 0.737. The third-order valence-electron chi connectivity index (χ3n) is 2.81. The number of anilines is 1. The Morgan fingerprint density at radius 1 is 1.26 bits per heavy atom. The van der Waals surface area contributed by atoms with Crippen LogP contribution in [-0.4, -0.2) is 18.3 Å². The van der Waals surface area contributed by atoms with Gasteiger partial charge in [0.2, 0.25) is 0 Å². The van der Waals surface area contributed by atoms with Crippen LogP contribution in [0, 0.1) is 0 Å². The van der Waals surface area contributed by atoms with Crippen LogP contribution >= 0.6 is 11.8 Å². The first-order valence-electron chi connectivity index (χ1n) is 6.79. The molecule has 0 spiro atoms. The van der Waals surface area contributed by atoms with Crippen molar-refractivity contribution in [2.24, 2.45) is 0 Å². The van der Waals surface area contributed by atoms with E-state index in [0.29, 0.717) is 11.4 Å². The first kappa shape index (κ1) is 17.0. The maximum absolute atomic E-state index is 12.3. The van der Waals surface area contributed by atoms with E-state index >= 15 is 0 Å². The van der Waals surface area contributed by atoms with Crippen LogP contribution in [0.25, 0.3) is 0 Å². The largest absolute Gasteiger partial charge is 0.435 e. The van der Waals surface area contributed by atoms with Gasteiger partial charge in [-0.3, -0.25) is 4.79 Å². The fourth-order valence-corrected chi connectivity index (χ4v) is 2.60. The number of alkyl halides is 2. The number of hydrogen-bond donors (Lipinski definition) is 1. The summed E-state index contributed by atoms with van der Waals surface area (Å²) in [6.07, 6.45) is 1.77. The molecule has 1 amide bonds. The molecular formula is C17H15F2NO2S. The number of rotatable bonds is 7. The van der Waals surface area contributed by atoms with Crippen molar-refractivity contribution in [1.82, 2.24) is 0 Å². The molecular weight excluding hydrogens is 320 g/mol. The van der Waals surface area contributed by atoms with E-state index in [4.69, 9.17) is 0 Å². The Morgan fingerprint density at radius 3 is 2.78 bits per heavy atom. The first-order valence-corrected chi connectivity index (χ1v) is 7.77. The van der Waals surface area contributed by atoms with Crippen LogP contribution in [0.3, 0.4) is 0 Å². The number of ether oxygens (including phenoxy) is 1. The minimum atomic E-state index is -2.93. The van der Waals surface area contributed by atoms with Crippen molar-refractivity contribution in [2.45, 2.75) is 11.5 Å². The number of carbonyl (C=O) groups excluding carboxylic acids is 1. The second-order valence-corrected chi connectivity index (χ2v) is 5.52. The third-order valence-corrected chi connectivity index (χ3v) is 3.88. The lowest BCUT2D eigenvalue weighted by atomic mass is 10.2. The number of para-hydroxylation sites is 1. The molecule has 0 unspecified atom stereocenters. The predicted molar refractivity (Wildman–Crippen MR) is 88.4 cm³/mol. The van der Waals surface area contributed by atoms with E-state index in [1.165, 1.54) is 36.0 Å². The van der Waals surface area contributed by atoms with Gasteiger partial charge in [0.15, 0.2) is 0 Å². The zero-order valence-corrected chi connectivity index (χ0v) is 13.0. The average Bonchev–Trinajstić information content (AvgIpc) is 2.53. The lowest BCUT2D eigenvalue weighted by molar-refractivity contribution is -0.0498. The SMILES string of the molecule is C=CCSc1ccccc1NC(=O)c1cccc(OC(F)F)c1. The summed E-state index contributed by atoms with van der Waals surface area (Å²) in [5.74, 6) is 0.267. The molecule has 0 aliphatic heterocycles. The number of thioether (sulfide) groups is 1. The number of benzene rings is 2. The van der Waals surface area contributed by atoms with E-state index in [1.54, 1.807) is 12.1 Å². The van der Waals surface area contributed by atoms with Gasteiger partial charge in [0.05, 0.1) is 5.69 Å². The van der Waals surface area contributed by atoms with Gasteiger partial charge >= 0.3 is 6.61 Å². The van der Waals surface area contributed by atoms with Gasteiger partial charge < -0.3 is 10.1 Å². The molecule has 2 rings (SSSR count). The normalized spacial score (nSPS) is 10.4. The standard InChI is InChI=1S/C17H15F2NO2S/c1-2-10-23-15-9-4-3-8-14(15)20-16(21)12-6-5-7-13(11-12)22-17(18)19/h2-9,11,17H,1,10H2,(H,20,21). The summed E-state index contributed by atoms with van der Waals surface area (Å²) in [5, 5.41) is 2.78. The van der Waals surface area contributed by atoms with Gasteiger partial charge in [-0.15, -0.1) is 18.3 Å². The van der Waals surface area contributed by atoms with Crippen LogP contribution in [0.15, 0.2) is 66.1 Å². The molecule has 2 aromatic rings. The van der Waals surface area contributed by atoms with Crippen molar-refractivity contribution in [3.05, 3.63) is 66.7 Å². The molecule has 0 aliphatic rings. The zero-order chi connectivity index (χ0) is 16.7. The molecule has 0 fully saturated rings. The van der Waals surface area contributed by atoms with Crippen LogP contribution in [-0.2, 0) is 0 Å². The Hall–Kier alpha value is -2.34. The van der Waals surface area contributed by atoms with E-state index < -0.39 is 12.5 Å². The molecule has 0 radical (unpaired) electrons. The Kier molecular flexibility index (Phi) is 6.17. The highest BCUT2D eigenvalue weighted by atomic mass is 32.2. The van der Waals surface area contributed by atoms with Crippen LogP contribution in [0.5, 0.6) is 5.75 Å². The lowest BCUT2D eigenvalue weighted by Gasteiger charge is -2.11. The quantitative estimate of drug-likeness (QED) is 0.582. The van der Waals surface area contributed by atoms with E-state index in [0.717, 1.165) is 4.90 Å². The topological polar surface area (TPSA) is 38.3 Å². The summed E-state index contributed by atoms with van der Waals surface area (Å²) in [5.41, 5.74) is 0.899. The molecule has 0 aliphatic carbocycles. The Labute approximate surface area is 137 Å². The molecule has 2 aromatic carbocycles. The third kappa shape index (κ3) is 5.10. The lowest BCUT2D eigenvalue weighted by Crippen LogP contribution is -2.13. The smallest absolute Gasteiger partial charge is 0.387 e. The Bertz CT molecular complexity index is 692. The minimum absolute atomic E-state index is 0.0537.